The Hall–Kier alpha value is -4.65. The predicted molar refractivity (Wildman–Crippen MR) is 151 cm³/mol. The van der Waals surface area contributed by atoms with Gasteiger partial charge in [0, 0.05) is 12.8 Å². The Morgan fingerprint density at radius 1 is 0.738 bits per heavy atom. The molecule has 0 spiro atoms. The van der Waals surface area contributed by atoms with Crippen LogP contribution in [0.25, 0.3) is 0 Å². The maximum atomic E-state index is 13.4. The normalized spacial score (nSPS) is 14.5. The highest BCUT2D eigenvalue weighted by atomic mass is 16.4. The summed E-state index contributed by atoms with van der Waals surface area (Å²) < 4.78 is 0. The van der Waals surface area contributed by atoms with Gasteiger partial charge in [-0.25, -0.2) is 4.79 Å². The summed E-state index contributed by atoms with van der Waals surface area (Å²) in [6, 6.07) is 6.81. The van der Waals surface area contributed by atoms with Crippen molar-refractivity contribution in [2.75, 3.05) is 0 Å². The van der Waals surface area contributed by atoms with E-state index >= 15 is 0 Å². The summed E-state index contributed by atoms with van der Waals surface area (Å²) in [6.07, 6.45) is -0.353. The zero-order valence-electron chi connectivity index (χ0n) is 23.4. The Morgan fingerprint density at radius 3 is 1.69 bits per heavy atom. The third-order valence-corrected chi connectivity index (χ3v) is 6.79. The molecule has 5 unspecified atom stereocenters. The van der Waals surface area contributed by atoms with Crippen molar-refractivity contribution in [1.82, 2.24) is 16.0 Å². The molecule has 0 aliphatic rings. The highest BCUT2D eigenvalue weighted by molar-refractivity contribution is 5.94. The topological polar surface area (TPSA) is 228 Å². The molecule has 9 N–H and O–H groups in total. The molecule has 13 heteroatoms. The summed E-state index contributed by atoms with van der Waals surface area (Å²) in [5.74, 6) is -5.27. The number of carbonyl (C=O) groups excluding carboxylic acids is 3. The van der Waals surface area contributed by atoms with Gasteiger partial charge in [-0.2, -0.15) is 0 Å². The number of carboxylic acids is 2. The van der Waals surface area contributed by atoms with E-state index in [1.165, 1.54) is 36.4 Å². The fourth-order valence-corrected chi connectivity index (χ4v) is 4.08. The van der Waals surface area contributed by atoms with E-state index < -0.39 is 66.2 Å². The van der Waals surface area contributed by atoms with Crippen LogP contribution in [0.3, 0.4) is 0 Å². The van der Waals surface area contributed by atoms with E-state index in [0.717, 1.165) is 0 Å². The number of phenolic OH excluding ortho intramolecular Hbond substituents is 2. The van der Waals surface area contributed by atoms with Crippen molar-refractivity contribution in [2.24, 2.45) is 11.7 Å². The molecule has 2 rings (SSSR count). The fraction of sp³-hybridized carbons (Fsp3) is 0.414. The highest BCUT2D eigenvalue weighted by Crippen LogP contribution is 2.14. The van der Waals surface area contributed by atoms with Gasteiger partial charge in [0.05, 0.1) is 6.04 Å². The van der Waals surface area contributed by atoms with Crippen molar-refractivity contribution in [2.45, 2.75) is 70.1 Å². The first-order valence-electron chi connectivity index (χ1n) is 13.5. The largest absolute Gasteiger partial charge is 0.508 e. The van der Waals surface area contributed by atoms with Crippen molar-refractivity contribution >= 4 is 29.7 Å². The van der Waals surface area contributed by atoms with Gasteiger partial charge >= 0.3 is 11.9 Å². The molecule has 0 radical (unpaired) electrons. The number of phenols is 2. The minimum atomic E-state index is -1.38. The number of carbonyl (C=O) groups is 5. The van der Waals surface area contributed by atoms with Crippen LogP contribution in [0.5, 0.6) is 11.5 Å². The van der Waals surface area contributed by atoms with Crippen LogP contribution in [-0.2, 0) is 36.8 Å². The Balaban J connectivity index is 2.26. The van der Waals surface area contributed by atoms with Crippen LogP contribution in [0.1, 0.15) is 44.2 Å². The highest BCUT2D eigenvalue weighted by Gasteiger charge is 2.32. The van der Waals surface area contributed by atoms with Crippen molar-refractivity contribution in [1.29, 1.82) is 0 Å². The second-order valence-corrected chi connectivity index (χ2v) is 10.1. The van der Waals surface area contributed by atoms with Gasteiger partial charge in [-0.05, 0) is 54.2 Å². The number of benzene rings is 2. The van der Waals surface area contributed by atoms with E-state index in [2.05, 4.69) is 16.0 Å². The minimum Gasteiger partial charge on any atom is -0.508 e. The average molecular weight is 587 g/mol. The van der Waals surface area contributed by atoms with Gasteiger partial charge in [0.15, 0.2) is 0 Å². The molecule has 0 heterocycles. The molecule has 228 valence electrons. The van der Waals surface area contributed by atoms with Crippen LogP contribution in [0, 0.1) is 5.92 Å². The van der Waals surface area contributed by atoms with Crippen LogP contribution >= 0.6 is 0 Å². The summed E-state index contributed by atoms with van der Waals surface area (Å²) in [6.45, 7) is 3.43. The molecule has 0 aliphatic heterocycles. The molecule has 0 saturated heterocycles. The van der Waals surface area contributed by atoms with Gasteiger partial charge < -0.3 is 42.1 Å². The standard InChI is InChI=1S/C29H38N4O9/c1-3-16(2)25(29(41)42)33-28(40)23(15-18-6-10-20(35)11-7-18)32-27(39)22(12-13-24(36)37)31-26(38)21(30)14-17-4-8-19(34)9-5-17/h4-11,16,21-23,25,34-35H,3,12-15,30H2,1-2H3,(H,31,38)(H,32,39)(H,33,40)(H,36,37)(H,41,42). The second kappa shape index (κ2) is 16.0. The maximum absolute atomic E-state index is 13.4. The first kappa shape index (κ1) is 33.6. The summed E-state index contributed by atoms with van der Waals surface area (Å²) in [7, 11) is 0. The van der Waals surface area contributed by atoms with E-state index in [9.17, 15) is 44.4 Å². The maximum Gasteiger partial charge on any atom is 0.326 e. The van der Waals surface area contributed by atoms with Crippen molar-refractivity contribution in [3.05, 3.63) is 59.7 Å². The third kappa shape index (κ3) is 10.7. The molecule has 0 aliphatic carbocycles. The lowest BCUT2D eigenvalue weighted by Crippen LogP contribution is -2.58. The number of hydrogen-bond donors (Lipinski definition) is 8. The van der Waals surface area contributed by atoms with Gasteiger partial charge in [-0.15, -0.1) is 0 Å². The zero-order valence-corrected chi connectivity index (χ0v) is 23.4. The number of hydrogen-bond acceptors (Lipinski definition) is 8. The van der Waals surface area contributed by atoms with E-state index in [1.54, 1.807) is 26.0 Å². The minimum absolute atomic E-state index is 0.0217. The molecule has 3 amide bonds. The lowest BCUT2D eigenvalue weighted by molar-refractivity contribution is -0.143. The first-order valence-corrected chi connectivity index (χ1v) is 13.5. The van der Waals surface area contributed by atoms with Gasteiger partial charge in [0.2, 0.25) is 17.7 Å². The molecule has 2 aromatic rings. The number of aliphatic carboxylic acids is 2. The number of nitrogens with two attached hydrogens (primary N) is 1. The van der Waals surface area contributed by atoms with Gasteiger partial charge in [0.25, 0.3) is 0 Å². The SMILES string of the molecule is CCC(C)C(NC(=O)C(Cc1ccc(O)cc1)NC(=O)C(CCC(=O)O)NC(=O)C(N)Cc1ccc(O)cc1)C(=O)O. The number of rotatable bonds is 16. The molecule has 0 saturated carbocycles. The van der Waals surface area contributed by atoms with Crippen molar-refractivity contribution in [3.8, 4) is 11.5 Å². The van der Waals surface area contributed by atoms with Crippen LogP contribution in [0.4, 0.5) is 0 Å². The first-order chi connectivity index (χ1) is 19.8. The molecule has 42 heavy (non-hydrogen) atoms. The van der Waals surface area contributed by atoms with Gasteiger partial charge in [-0.1, -0.05) is 44.5 Å². The van der Waals surface area contributed by atoms with Crippen LogP contribution in [0.2, 0.25) is 0 Å². The lowest BCUT2D eigenvalue weighted by atomic mass is 9.98. The number of carboxylic acid groups (broad SMARTS) is 2. The van der Waals surface area contributed by atoms with Crippen molar-refractivity contribution in [3.63, 3.8) is 0 Å². The third-order valence-electron chi connectivity index (χ3n) is 6.79. The summed E-state index contributed by atoms with van der Waals surface area (Å²) in [5.41, 5.74) is 7.19. The zero-order chi connectivity index (χ0) is 31.4. The summed E-state index contributed by atoms with van der Waals surface area (Å²) >= 11 is 0. The Labute approximate surface area is 243 Å². The van der Waals surface area contributed by atoms with Crippen LogP contribution in [0.15, 0.2) is 48.5 Å². The second-order valence-electron chi connectivity index (χ2n) is 10.1. The average Bonchev–Trinajstić information content (AvgIpc) is 2.94. The molecule has 0 fully saturated rings. The Bertz CT molecular complexity index is 1230. The van der Waals surface area contributed by atoms with E-state index in [0.29, 0.717) is 17.5 Å². The molecule has 13 nitrogen and oxygen atoms in total. The van der Waals surface area contributed by atoms with E-state index in [-0.39, 0.29) is 30.8 Å². The number of amides is 3. The Morgan fingerprint density at radius 2 is 1.21 bits per heavy atom. The van der Waals surface area contributed by atoms with Gasteiger partial charge in [0.1, 0.15) is 29.6 Å². The number of aromatic hydroxyl groups is 2. The summed E-state index contributed by atoms with van der Waals surface area (Å²) in [5, 5.41) is 45.3. The van der Waals surface area contributed by atoms with Gasteiger partial charge in [-0.3, -0.25) is 19.2 Å². The predicted octanol–water partition coefficient (Wildman–Crippen LogP) is 0.660. The lowest BCUT2D eigenvalue weighted by Gasteiger charge is -2.26. The number of nitrogens with one attached hydrogen (secondary N) is 3. The molecule has 5 atom stereocenters. The molecule has 2 aromatic carbocycles. The Kier molecular flexibility index (Phi) is 12.8. The van der Waals surface area contributed by atoms with E-state index in [1.807, 2.05) is 0 Å². The molecule has 0 bridgehead atoms. The van der Waals surface area contributed by atoms with Crippen LogP contribution < -0.4 is 21.7 Å². The smallest absolute Gasteiger partial charge is 0.326 e. The van der Waals surface area contributed by atoms with Crippen LogP contribution in [-0.4, -0.2) is 74.3 Å². The fourth-order valence-electron chi connectivity index (χ4n) is 4.08. The van der Waals surface area contributed by atoms with Crippen molar-refractivity contribution < 1.29 is 44.4 Å². The van der Waals surface area contributed by atoms with E-state index in [4.69, 9.17) is 5.73 Å². The molecular formula is C29H38N4O9. The molecule has 0 aromatic heterocycles. The monoisotopic (exact) mass is 586 g/mol. The molecular weight excluding hydrogens is 548 g/mol. The summed E-state index contributed by atoms with van der Waals surface area (Å²) in [4.78, 5) is 62.6. The quantitative estimate of drug-likeness (QED) is 0.137.